The number of aromatic nitrogens is 2. The molecule has 1 aliphatic carbocycles. The molecule has 1 amide bonds. The summed E-state index contributed by atoms with van der Waals surface area (Å²) in [4.78, 5) is 15.3. The van der Waals surface area contributed by atoms with E-state index in [4.69, 9.17) is 16.1 Å². The highest BCUT2D eigenvalue weighted by molar-refractivity contribution is 6.32. The summed E-state index contributed by atoms with van der Waals surface area (Å²) in [5.41, 5.74) is 3.90. The predicted octanol–water partition coefficient (Wildman–Crippen LogP) is 3.72. The zero-order valence-electron chi connectivity index (χ0n) is 14.1. The van der Waals surface area contributed by atoms with Gasteiger partial charge in [-0.05, 0) is 56.4 Å². The molecule has 0 unspecified atom stereocenters. The molecule has 4 rings (SSSR count). The fourth-order valence-corrected chi connectivity index (χ4v) is 3.29. The Morgan fingerprint density at radius 3 is 2.88 bits per heavy atom. The van der Waals surface area contributed by atoms with Crippen molar-refractivity contribution in [3.05, 3.63) is 52.0 Å². The number of carbonyl (C=O) groups is 1. The largest absolute Gasteiger partial charge is 0.361 e. The minimum atomic E-state index is 0.0711. The Morgan fingerprint density at radius 2 is 2.16 bits per heavy atom. The fourth-order valence-electron chi connectivity index (χ4n) is 3.02. The molecule has 3 aromatic rings. The van der Waals surface area contributed by atoms with Gasteiger partial charge in [-0.2, -0.15) is 0 Å². The average Bonchev–Trinajstić information content (AvgIpc) is 3.13. The lowest BCUT2D eigenvalue weighted by Gasteiger charge is -2.03. The average molecular weight is 358 g/mol. The highest BCUT2D eigenvalue weighted by Crippen LogP contribution is 2.26. The molecule has 1 saturated carbocycles. The van der Waals surface area contributed by atoms with Crippen LogP contribution in [0.2, 0.25) is 5.02 Å². The Hall–Kier alpha value is -2.27. The van der Waals surface area contributed by atoms with Crippen molar-refractivity contribution in [1.82, 2.24) is 15.5 Å². The van der Waals surface area contributed by atoms with Crippen molar-refractivity contribution in [2.45, 2.75) is 45.1 Å². The summed E-state index contributed by atoms with van der Waals surface area (Å²) in [6.45, 7) is 1.88. The monoisotopic (exact) mass is 357 g/mol. The molecule has 2 N–H and O–H groups in total. The second-order valence-corrected chi connectivity index (χ2v) is 7.18. The van der Waals surface area contributed by atoms with Crippen LogP contribution in [0.1, 0.15) is 35.6 Å². The van der Waals surface area contributed by atoms with E-state index in [9.17, 15) is 4.79 Å². The van der Waals surface area contributed by atoms with Gasteiger partial charge in [0, 0.05) is 33.7 Å². The molecule has 130 valence electrons. The van der Waals surface area contributed by atoms with E-state index >= 15 is 0 Å². The van der Waals surface area contributed by atoms with Gasteiger partial charge in [-0.3, -0.25) is 4.79 Å². The van der Waals surface area contributed by atoms with Gasteiger partial charge >= 0.3 is 0 Å². The molecule has 1 aromatic carbocycles. The van der Waals surface area contributed by atoms with Crippen LogP contribution in [-0.2, 0) is 24.1 Å². The number of nitrogens with one attached hydrogen (secondary N) is 2. The smallest absolute Gasteiger partial charge is 0.226 e. The maximum absolute atomic E-state index is 12.0. The second kappa shape index (κ2) is 6.56. The van der Waals surface area contributed by atoms with Crippen molar-refractivity contribution < 1.29 is 9.32 Å². The molecule has 1 aliphatic rings. The van der Waals surface area contributed by atoms with Crippen LogP contribution >= 0.6 is 11.6 Å². The lowest BCUT2D eigenvalue weighted by molar-refractivity contribution is -0.120. The number of halogens is 1. The van der Waals surface area contributed by atoms with Crippen molar-refractivity contribution in [1.29, 1.82) is 0 Å². The van der Waals surface area contributed by atoms with Crippen LogP contribution in [0.15, 0.2) is 28.8 Å². The number of fused-ring (bicyclic) bond motifs is 1. The molecule has 0 spiro atoms. The van der Waals surface area contributed by atoms with Crippen LogP contribution in [0.3, 0.4) is 0 Å². The third-order valence-electron chi connectivity index (χ3n) is 4.46. The standard InChI is InChI=1S/C19H20ClN3O2/c1-11-6-15(23-25-11)3-2-12-9-18-13(8-17(12)20)7-16(21-18)10-19(24)22-14-4-5-14/h6-9,14,21H,2-5,10H2,1H3,(H,22,24). The third-order valence-corrected chi connectivity index (χ3v) is 4.82. The van der Waals surface area contributed by atoms with Crippen LogP contribution in [0.4, 0.5) is 0 Å². The molecule has 2 aromatic heterocycles. The van der Waals surface area contributed by atoms with Crippen LogP contribution in [0.25, 0.3) is 10.9 Å². The molecule has 1 fully saturated rings. The van der Waals surface area contributed by atoms with Gasteiger partial charge in [-0.15, -0.1) is 0 Å². The van der Waals surface area contributed by atoms with Gasteiger partial charge in [0.1, 0.15) is 5.76 Å². The number of carbonyl (C=O) groups excluding carboxylic acids is 1. The van der Waals surface area contributed by atoms with Gasteiger partial charge in [-0.25, -0.2) is 0 Å². The summed E-state index contributed by atoms with van der Waals surface area (Å²) in [7, 11) is 0. The number of nitrogens with zero attached hydrogens (tertiary/aromatic N) is 1. The highest BCUT2D eigenvalue weighted by Gasteiger charge is 2.23. The molecule has 5 nitrogen and oxygen atoms in total. The first-order chi connectivity index (χ1) is 12.1. The van der Waals surface area contributed by atoms with Gasteiger partial charge in [0.05, 0.1) is 12.1 Å². The number of hydrogen-bond donors (Lipinski definition) is 2. The van der Waals surface area contributed by atoms with E-state index in [1.165, 1.54) is 0 Å². The van der Waals surface area contributed by atoms with E-state index in [0.29, 0.717) is 12.5 Å². The predicted molar refractivity (Wildman–Crippen MR) is 96.8 cm³/mol. The van der Waals surface area contributed by atoms with Gasteiger partial charge in [0.25, 0.3) is 0 Å². The normalized spacial score (nSPS) is 14.2. The van der Waals surface area contributed by atoms with Crippen LogP contribution in [0, 0.1) is 6.92 Å². The lowest BCUT2D eigenvalue weighted by Crippen LogP contribution is -2.27. The molecule has 0 saturated heterocycles. The minimum Gasteiger partial charge on any atom is -0.361 e. The van der Waals surface area contributed by atoms with E-state index in [1.54, 1.807) is 0 Å². The Labute approximate surface area is 150 Å². The van der Waals surface area contributed by atoms with E-state index in [2.05, 4.69) is 21.5 Å². The summed E-state index contributed by atoms with van der Waals surface area (Å²) >= 11 is 6.43. The molecule has 0 bridgehead atoms. The van der Waals surface area contributed by atoms with Gasteiger partial charge in [0.2, 0.25) is 5.91 Å². The molecule has 2 heterocycles. The second-order valence-electron chi connectivity index (χ2n) is 6.77. The van der Waals surface area contributed by atoms with Gasteiger partial charge in [0.15, 0.2) is 0 Å². The summed E-state index contributed by atoms with van der Waals surface area (Å²) in [6, 6.07) is 8.35. The van der Waals surface area contributed by atoms with E-state index in [1.807, 2.05) is 25.1 Å². The summed E-state index contributed by atoms with van der Waals surface area (Å²) in [5, 5.41) is 8.79. The Bertz CT molecular complexity index is 924. The Balaban J connectivity index is 1.48. The van der Waals surface area contributed by atoms with E-state index < -0.39 is 0 Å². The maximum Gasteiger partial charge on any atom is 0.226 e. The van der Waals surface area contributed by atoms with Crippen molar-refractivity contribution in [2.24, 2.45) is 0 Å². The topological polar surface area (TPSA) is 70.9 Å². The zero-order chi connectivity index (χ0) is 17.4. The van der Waals surface area contributed by atoms with E-state index in [-0.39, 0.29) is 5.91 Å². The summed E-state index contributed by atoms with van der Waals surface area (Å²) in [6.07, 6.45) is 4.14. The fraction of sp³-hybridized carbons (Fsp3) is 0.368. The lowest BCUT2D eigenvalue weighted by atomic mass is 10.1. The number of rotatable bonds is 6. The molecule has 6 heteroatoms. The SMILES string of the molecule is Cc1cc(CCc2cc3[nH]c(CC(=O)NC4CC4)cc3cc2Cl)no1. The van der Waals surface area contributed by atoms with Crippen molar-refractivity contribution in [3.63, 3.8) is 0 Å². The first kappa shape index (κ1) is 16.2. The number of aromatic amines is 1. The van der Waals surface area contributed by atoms with E-state index in [0.717, 1.165) is 64.3 Å². The number of hydrogen-bond acceptors (Lipinski definition) is 3. The Morgan fingerprint density at radius 1 is 1.32 bits per heavy atom. The maximum atomic E-state index is 12.0. The summed E-state index contributed by atoms with van der Waals surface area (Å²) < 4.78 is 5.10. The molecule has 0 aliphatic heterocycles. The molecular weight excluding hydrogens is 338 g/mol. The molecular formula is C19H20ClN3O2. The minimum absolute atomic E-state index is 0.0711. The first-order valence-corrected chi connectivity index (χ1v) is 8.96. The van der Waals surface area contributed by atoms with Crippen LogP contribution < -0.4 is 5.32 Å². The molecule has 0 radical (unpaired) electrons. The number of H-pyrrole nitrogens is 1. The highest BCUT2D eigenvalue weighted by atomic mass is 35.5. The first-order valence-electron chi connectivity index (χ1n) is 8.58. The zero-order valence-corrected chi connectivity index (χ0v) is 14.8. The Kier molecular flexibility index (Phi) is 4.25. The molecule has 0 atom stereocenters. The van der Waals surface area contributed by atoms with Crippen molar-refractivity contribution >= 4 is 28.4 Å². The van der Waals surface area contributed by atoms with Crippen molar-refractivity contribution in [3.8, 4) is 0 Å². The van der Waals surface area contributed by atoms with Crippen molar-refractivity contribution in [2.75, 3.05) is 0 Å². The summed E-state index contributed by atoms with van der Waals surface area (Å²) in [5.74, 6) is 0.886. The van der Waals surface area contributed by atoms with Crippen LogP contribution in [-0.4, -0.2) is 22.1 Å². The number of amides is 1. The van der Waals surface area contributed by atoms with Gasteiger partial charge < -0.3 is 14.8 Å². The number of aryl methyl sites for hydroxylation is 3. The van der Waals surface area contributed by atoms with Crippen LogP contribution in [0.5, 0.6) is 0 Å². The number of benzene rings is 1. The quantitative estimate of drug-likeness (QED) is 0.706. The van der Waals surface area contributed by atoms with Gasteiger partial charge in [-0.1, -0.05) is 16.8 Å². The third kappa shape index (κ3) is 3.87. The molecule has 25 heavy (non-hydrogen) atoms.